The lowest BCUT2D eigenvalue weighted by Gasteiger charge is -2.27. The highest BCUT2D eigenvalue weighted by atomic mass is 35.5. The molecule has 0 N–H and O–H groups in total. The molecular weight excluding hydrogens is 338 g/mol. The standard InChI is InChI=1S/C20H24ClNO3/c1-4-15(19(24)25-3)10-12-20(11-5-13-22-20)18(23)14(2)16-6-8-17(21)9-7-16/h5-9,11,13-15H,4,10,12H2,1-3H3. The van der Waals surface area contributed by atoms with Gasteiger partial charge in [0.1, 0.15) is 5.54 Å². The van der Waals surface area contributed by atoms with Gasteiger partial charge in [-0.05, 0) is 49.1 Å². The maximum Gasteiger partial charge on any atom is 0.308 e. The van der Waals surface area contributed by atoms with Gasteiger partial charge in [0.05, 0.1) is 13.0 Å². The van der Waals surface area contributed by atoms with Crippen LogP contribution in [0.15, 0.2) is 41.4 Å². The lowest BCUT2D eigenvalue weighted by Crippen LogP contribution is -2.37. The number of carbonyl (C=O) groups excluding carboxylic acids is 2. The number of methoxy groups -OCH3 is 1. The minimum Gasteiger partial charge on any atom is -0.469 e. The fourth-order valence-electron chi connectivity index (χ4n) is 3.17. The van der Waals surface area contributed by atoms with E-state index in [1.165, 1.54) is 7.11 Å². The Morgan fingerprint density at radius 3 is 2.48 bits per heavy atom. The van der Waals surface area contributed by atoms with E-state index < -0.39 is 5.54 Å². The molecule has 0 saturated carbocycles. The number of carbonyl (C=O) groups is 2. The molecule has 3 atom stereocenters. The number of Topliss-reactive ketones (excluding diaryl/α,β-unsaturated/α-hetero) is 1. The van der Waals surface area contributed by atoms with Gasteiger partial charge >= 0.3 is 5.97 Å². The number of allylic oxidation sites excluding steroid dienone is 1. The molecular formula is C20H24ClNO3. The number of halogens is 1. The SMILES string of the molecule is CCC(CCC1(C(=O)C(C)c2ccc(Cl)cc2)C=CC=N1)C(=O)OC. The van der Waals surface area contributed by atoms with E-state index in [9.17, 15) is 9.59 Å². The molecule has 25 heavy (non-hydrogen) atoms. The Morgan fingerprint density at radius 1 is 1.28 bits per heavy atom. The van der Waals surface area contributed by atoms with Crippen molar-refractivity contribution in [3.05, 3.63) is 47.0 Å². The average molecular weight is 362 g/mol. The summed E-state index contributed by atoms with van der Waals surface area (Å²) in [4.78, 5) is 29.5. The van der Waals surface area contributed by atoms with Gasteiger partial charge in [-0.15, -0.1) is 0 Å². The Kier molecular flexibility index (Phi) is 6.54. The minimum absolute atomic E-state index is 0.0274. The normalized spacial score (nSPS) is 21.1. The molecule has 1 aromatic carbocycles. The van der Waals surface area contributed by atoms with E-state index in [1.54, 1.807) is 24.4 Å². The average Bonchev–Trinajstić information content (AvgIpc) is 3.11. The lowest BCUT2D eigenvalue weighted by molar-refractivity contribution is -0.146. The summed E-state index contributed by atoms with van der Waals surface area (Å²) in [5.41, 5.74) is 0.00446. The third kappa shape index (κ3) is 4.37. The van der Waals surface area contributed by atoms with Crippen molar-refractivity contribution < 1.29 is 14.3 Å². The van der Waals surface area contributed by atoms with E-state index in [4.69, 9.17) is 16.3 Å². The molecule has 0 bridgehead atoms. The molecule has 0 amide bonds. The van der Waals surface area contributed by atoms with Crippen LogP contribution in [0.2, 0.25) is 5.02 Å². The molecule has 0 aromatic heterocycles. The van der Waals surface area contributed by atoms with Gasteiger partial charge in [0.2, 0.25) is 0 Å². The molecule has 1 heterocycles. The summed E-state index contributed by atoms with van der Waals surface area (Å²) in [5, 5.41) is 0.640. The van der Waals surface area contributed by atoms with Crippen LogP contribution in [-0.2, 0) is 14.3 Å². The molecule has 0 saturated heterocycles. The first-order chi connectivity index (χ1) is 11.9. The third-order valence-electron chi connectivity index (χ3n) is 4.85. The van der Waals surface area contributed by atoms with Gasteiger partial charge in [0, 0.05) is 17.2 Å². The van der Waals surface area contributed by atoms with Gasteiger partial charge in [0.15, 0.2) is 5.78 Å². The number of nitrogens with zero attached hydrogens (tertiary/aromatic N) is 1. The van der Waals surface area contributed by atoms with Crippen molar-refractivity contribution in [1.82, 2.24) is 0 Å². The fraction of sp³-hybridized carbons (Fsp3) is 0.450. The van der Waals surface area contributed by atoms with Crippen LogP contribution in [0.4, 0.5) is 0 Å². The predicted molar refractivity (Wildman–Crippen MR) is 100 cm³/mol. The van der Waals surface area contributed by atoms with Crippen LogP contribution >= 0.6 is 11.6 Å². The Bertz CT molecular complexity index is 667. The number of hydrogen-bond acceptors (Lipinski definition) is 4. The van der Waals surface area contributed by atoms with Gasteiger partial charge in [-0.3, -0.25) is 14.6 Å². The van der Waals surface area contributed by atoms with Gasteiger partial charge in [-0.25, -0.2) is 0 Å². The monoisotopic (exact) mass is 361 g/mol. The highest BCUT2D eigenvalue weighted by Crippen LogP contribution is 2.33. The summed E-state index contributed by atoms with van der Waals surface area (Å²) >= 11 is 5.93. The molecule has 1 aliphatic rings. The first kappa shape index (κ1) is 19.4. The van der Waals surface area contributed by atoms with E-state index in [0.29, 0.717) is 24.3 Å². The summed E-state index contributed by atoms with van der Waals surface area (Å²) < 4.78 is 4.85. The van der Waals surface area contributed by atoms with E-state index >= 15 is 0 Å². The Balaban J connectivity index is 2.17. The van der Waals surface area contributed by atoms with Crippen LogP contribution in [0.5, 0.6) is 0 Å². The van der Waals surface area contributed by atoms with Crippen molar-refractivity contribution in [1.29, 1.82) is 0 Å². The predicted octanol–water partition coefficient (Wildman–Crippen LogP) is 4.37. The van der Waals surface area contributed by atoms with Crippen molar-refractivity contribution in [3.8, 4) is 0 Å². The lowest BCUT2D eigenvalue weighted by atomic mass is 9.79. The highest BCUT2D eigenvalue weighted by Gasteiger charge is 2.40. The molecule has 0 radical (unpaired) electrons. The van der Waals surface area contributed by atoms with Gasteiger partial charge < -0.3 is 4.74 Å². The second-order valence-electron chi connectivity index (χ2n) is 6.37. The van der Waals surface area contributed by atoms with Crippen molar-refractivity contribution in [3.63, 3.8) is 0 Å². The number of ketones is 1. The zero-order chi connectivity index (χ0) is 18.4. The summed E-state index contributed by atoms with van der Waals surface area (Å²) in [6.45, 7) is 3.83. The minimum atomic E-state index is -0.902. The molecule has 134 valence electrons. The first-order valence-corrected chi connectivity index (χ1v) is 8.92. The third-order valence-corrected chi connectivity index (χ3v) is 5.11. The summed E-state index contributed by atoms with van der Waals surface area (Å²) in [5.74, 6) is -0.735. The number of esters is 1. The van der Waals surface area contributed by atoms with Crippen LogP contribution in [-0.4, -0.2) is 30.6 Å². The van der Waals surface area contributed by atoms with E-state index in [2.05, 4.69) is 4.99 Å². The van der Waals surface area contributed by atoms with Gasteiger partial charge in [-0.2, -0.15) is 0 Å². The van der Waals surface area contributed by atoms with Gasteiger partial charge in [-0.1, -0.05) is 37.6 Å². The zero-order valence-electron chi connectivity index (χ0n) is 14.9. The number of aliphatic imine (C=N–C) groups is 1. The largest absolute Gasteiger partial charge is 0.469 e. The van der Waals surface area contributed by atoms with Crippen molar-refractivity contribution in [2.45, 2.75) is 44.6 Å². The number of hydrogen-bond donors (Lipinski definition) is 0. The molecule has 0 fully saturated rings. The Hall–Kier alpha value is -1.94. The first-order valence-electron chi connectivity index (χ1n) is 8.54. The molecule has 1 aliphatic heterocycles. The molecule has 3 unspecified atom stereocenters. The van der Waals surface area contributed by atoms with Crippen LogP contribution in [0, 0.1) is 5.92 Å². The van der Waals surface area contributed by atoms with E-state index in [0.717, 1.165) is 5.56 Å². The smallest absolute Gasteiger partial charge is 0.308 e. The molecule has 1 aromatic rings. The molecule has 2 rings (SSSR count). The van der Waals surface area contributed by atoms with Crippen LogP contribution < -0.4 is 0 Å². The second-order valence-corrected chi connectivity index (χ2v) is 6.80. The topological polar surface area (TPSA) is 55.7 Å². The van der Waals surface area contributed by atoms with Crippen molar-refractivity contribution in [2.75, 3.05) is 7.11 Å². The van der Waals surface area contributed by atoms with Crippen molar-refractivity contribution >= 4 is 29.6 Å². The number of ether oxygens (including phenoxy) is 1. The summed E-state index contributed by atoms with van der Waals surface area (Å²) in [6.07, 6.45) is 7.02. The zero-order valence-corrected chi connectivity index (χ0v) is 15.6. The number of benzene rings is 1. The van der Waals surface area contributed by atoms with E-state index in [-0.39, 0.29) is 23.6 Å². The quantitative estimate of drug-likeness (QED) is 0.646. The van der Waals surface area contributed by atoms with Crippen LogP contribution in [0.3, 0.4) is 0 Å². The number of rotatable bonds is 8. The Labute approximate surface area is 153 Å². The van der Waals surface area contributed by atoms with E-state index in [1.807, 2.05) is 32.1 Å². The molecule has 0 aliphatic carbocycles. The molecule has 0 spiro atoms. The van der Waals surface area contributed by atoms with Gasteiger partial charge in [0.25, 0.3) is 0 Å². The van der Waals surface area contributed by atoms with Crippen molar-refractivity contribution in [2.24, 2.45) is 10.9 Å². The Morgan fingerprint density at radius 2 is 1.96 bits per heavy atom. The highest BCUT2D eigenvalue weighted by molar-refractivity contribution is 6.30. The summed E-state index contributed by atoms with van der Waals surface area (Å²) in [6, 6.07) is 7.30. The van der Waals surface area contributed by atoms with Crippen LogP contribution in [0.1, 0.15) is 44.6 Å². The molecule has 5 heteroatoms. The maximum absolute atomic E-state index is 13.2. The summed E-state index contributed by atoms with van der Waals surface area (Å²) in [7, 11) is 1.39. The second kappa shape index (κ2) is 8.43. The maximum atomic E-state index is 13.2. The fourth-order valence-corrected chi connectivity index (χ4v) is 3.29. The molecule has 4 nitrogen and oxygen atoms in total. The van der Waals surface area contributed by atoms with Crippen LogP contribution in [0.25, 0.3) is 0 Å².